The lowest BCUT2D eigenvalue weighted by Crippen LogP contribution is -2.26. The van der Waals surface area contributed by atoms with Crippen LogP contribution in [0.1, 0.15) is 45.7 Å². The number of carbonyl (C=O) groups excluding carboxylic acids is 2. The van der Waals surface area contributed by atoms with Gasteiger partial charge in [-0.3, -0.25) is 14.5 Å². The van der Waals surface area contributed by atoms with Crippen molar-refractivity contribution in [2.45, 2.75) is 26.9 Å². The molecule has 0 aliphatic rings. The number of nitrogens with one attached hydrogen (secondary N) is 2. The van der Waals surface area contributed by atoms with Crippen LogP contribution in [-0.4, -0.2) is 29.8 Å². The summed E-state index contributed by atoms with van der Waals surface area (Å²) in [5, 5.41) is 5.71. The number of anilines is 1. The Labute approximate surface area is 188 Å². The van der Waals surface area contributed by atoms with Crippen LogP contribution in [0.4, 0.5) is 10.1 Å². The lowest BCUT2D eigenvalue weighted by molar-refractivity contribution is 0.0949. The van der Waals surface area contributed by atoms with E-state index in [1.165, 1.54) is 29.8 Å². The summed E-state index contributed by atoms with van der Waals surface area (Å²) in [4.78, 5) is 27.4. The Kier molecular flexibility index (Phi) is 8.11. The predicted octanol–water partition coefficient (Wildman–Crippen LogP) is 4.85. The van der Waals surface area contributed by atoms with Crippen molar-refractivity contribution in [3.63, 3.8) is 0 Å². The SMILES string of the molecule is CCN(CC)Cc1ccccc1CNC(=O)c1cccc(NC(=O)c2ccc(F)cc2)c1. The number of hydrogen-bond donors (Lipinski definition) is 2. The van der Waals surface area contributed by atoms with Gasteiger partial charge in [-0.25, -0.2) is 4.39 Å². The number of hydrogen-bond acceptors (Lipinski definition) is 3. The first kappa shape index (κ1) is 23.2. The molecule has 0 atom stereocenters. The number of halogens is 1. The third kappa shape index (κ3) is 6.25. The minimum absolute atomic E-state index is 0.222. The number of benzene rings is 3. The molecule has 6 heteroatoms. The second kappa shape index (κ2) is 11.2. The van der Waals surface area contributed by atoms with Crippen LogP contribution in [0.3, 0.4) is 0 Å². The fourth-order valence-corrected chi connectivity index (χ4v) is 3.39. The van der Waals surface area contributed by atoms with E-state index in [4.69, 9.17) is 0 Å². The number of nitrogens with zero attached hydrogens (tertiary/aromatic N) is 1. The van der Waals surface area contributed by atoms with Gasteiger partial charge in [0.2, 0.25) is 0 Å². The van der Waals surface area contributed by atoms with Gasteiger partial charge >= 0.3 is 0 Å². The van der Waals surface area contributed by atoms with Gasteiger partial charge in [0.1, 0.15) is 5.82 Å². The number of amides is 2. The number of rotatable bonds is 9. The van der Waals surface area contributed by atoms with E-state index in [-0.39, 0.29) is 11.8 Å². The molecule has 0 fully saturated rings. The number of carbonyl (C=O) groups is 2. The van der Waals surface area contributed by atoms with E-state index in [0.717, 1.165) is 25.2 Å². The van der Waals surface area contributed by atoms with Crippen LogP contribution in [0.5, 0.6) is 0 Å². The van der Waals surface area contributed by atoms with E-state index in [1.807, 2.05) is 18.2 Å². The average molecular weight is 434 g/mol. The van der Waals surface area contributed by atoms with Gasteiger partial charge < -0.3 is 10.6 Å². The Morgan fingerprint density at radius 3 is 2.19 bits per heavy atom. The molecule has 0 spiro atoms. The van der Waals surface area contributed by atoms with Crippen LogP contribution in [0.15, 0.2) is 72.8 Å². The van der Waals surface area contributed by atoms with Crippen molar-refractivity contribution in [2.24, 2.45) is 0 Å². The first-order valence-corrected chi connectivity index (χ1v) is 10.7. The summed E-state index contributed by atoms with van der Waals surface area (Å²) in [5.74, 6) is -0.993. The summed E-state index contributed by atoms with van der Waals surface area (Å²) in [5.41, 5.74) is 3.55. The first-order chi connectivity index (χ1) is 15.5. The van der Waals surface area contributed by atoms with E-state index >= 15 is 0 Å². The van der Waals surface area contributed by atoms with Crippen LogP contribution in [0, 0.1) is 5.82 Å². The Bertz CT molecular complexity index is 1060. The fourth-order valence-electron chi connectivity index (χ4n) is 3.39. The van der Waals surface area contributed by atoms with Crippen molar-refractivity contribution in [3.05, 3.63) is 101 Å². The maximum absolute atomic E-state index is 13.1. The second-order valence-corrected chi connectivity index (χ2v) is 7.45. The normalized spacial score (nSPS) is 10.8. The van der Waals surface area contributed by atoms with Crippen molar-refractivity contribution >= 4 is 17.5 Å². The zero-order chi connectivity index (χ0) is 22.9. The largest absolute Gasteiger partial charge is 0.348 e. The van der Waals surface area contributed by atoms with E-state index in [2.05, 4.69) is 35.4 Å². The van der Waals surface area contributed by atoms with Gasteiger partial charge in [-0.1, -0.05) is 44.2 Å². The molecule has 0 unspecified atom stereocenters. The highest BCUT2D eigenvalue weighted by Gasteiger charge is 2.11. The maximum atomic E-state index is 13.1. The molecule has 0 aromatic heterocycles. The Hall–Kier alpha value is -3.51. The zero-order valence-electron chi connectivity index (χ0n) is 18.4. The van der Waals surface area contributed by atoms with E-state index in [0.29, 0.717) is 23.4 Å². The molecule has 166 valence electrons. The van der Waals surface area contributed by atoms with Crippen LogP contribution in [0.25, 0.3) is 0 Å². The van der Waals surface area contributed by atoms with E-state index < -0.39 is 5.82 Å². The van der Waals surface area contributed by atoms with Crippen molar-refractivity contribution in [2.75, 3.05) is 18.4 Å². The predicted molar refractivity (Wildman–Crippen MR) is 125 cm³/mol. The van der Waals surface area contributed by atoms with Crippen molar-refractivity contribution in [1.29, 1.82) is 0 Å². The van der Waals surface area contributed by atoms with Gasteiger partial charge in [0.25, 0.3) is 11.8 Å². The average Bonchev–Trinajstić information content (AvgIpc) is 2.82. The standard InChI is InChI=1S/C26H28FN3O2/c1-3-30(4-2)18-22-9-6-5-8-21(22)17-28-25(31)20-10-7-11-24(16-20)29-26(32)19-12-14-23(27)15-13-19/h5-16H,3-4,17-18H2,1-2H3,(H,28,31)(H,29,32). The smallest absolute Gasteiger partial charge is 0.255 e. The highest BCUT2D eigenvalue weighted by molar-refractivity contribution is 6.05. The Morgan fingerprint density at radius 2 is 1.50 bits per heavy atom. The topological polar surface area (TPSA) is 61.4 Å². The third-order valence-corrected chi connectivity index (χ3v) is 5.34. The highest BCUT2D eigenvalue weighted by atomic mass is 19.1. The molecule has 3 aromatic rings. The summed E-state index contributed by atoms with van der Waals surface area (Å²) < 4.78 is 13.1. The molecule has 0 saturated heterocycles. The molecule has 0 bridgehead atoms. The van der Waals surface area contributed by atoms with Gasteiger partial charge in [0.05, 0.1) is 0 Å². The molecule has 3 rings (SSSR count). The maximum Gasteiger partial charge on any atom is 0.255 e. The Morgan fingerprint density at radius 1 is 0.812 bits per heavy atom. The molecule has 32 heavy (non-hydrogen) atoms. The van der Waals surface area contributed by atoms with Crippen LogP contribution < -0.4 is 10.6 Å². The molecule has 0 aliphatic heterocycles. The minimum Gasteiger partial charge on any atom is -0.348 e. The molecular formula is C26H28FN3O2. The quantitative estimate of drug-likeness (QED) is 0.507. The van der Waals surface area contributed by atoms with Crippen LogP contribution >= 0.6 is 0 Å². The van der Waals surface area contributed by atoms with Crippen molar-refractivity contribution < 1.29 is 14.0 Å². The van der Waals surface area contributed by atoms with Crippen molar-refractivity contribution in [3.8, 4) is 0 Å². The second-order valence-electron chi connectivity index (χ2n) is 7.45. The lowest BCUT2D eigenvalue weighted by atomic mass is 10.1. The molecule has 2 amide bonds. The summed E-state index contributed by atoms with van der Waals surface area (Å²) in [6, 6.07) is 20.1. The van der Waals surface area contributed by atoms with Gasteiger partial charge in [-0.05, 0) is 66.7 Å². The van der Waals surface area contributed by atoms with Crippen LogP contribution in [0.2, 0.25) is 0 Å². The molecule has 5 nitrogen and oxygen atoms in total. The highest BCUT2D eigenvalue weighted by Crippen LogP contribution is 2.15. The molecule has 0 heterocycles. The minimum atomic E-state index is -0.404. The first-order valence-electron chi connectivity index (χ1n) is 10.7. The summed E-state index contributed by atoms with van der Waals surface area (Å²) >= 11 is 0. The zero-order valence-corrected chi connectivity index (χ0v) is 18.4. The van der Waals surface area contributed by atoms with Gasteiger partial charge in [0.15, 0.2) is 0 Å². The Balaban J connectivity index is 1.64. The summed E-state index contributed by atoms with van der Waals surface area (Å²) in [6.45, 7) is 7.46. The van der Waals surface area contributed by atoms with Gasteiger partial charge in [-0.2, -0.15) is 0 Å². The summed E-state index contributed by atoms with van der Waals surface area (Å²) in [7, 11) is 0. The molecule has 2 N–H and O–H groups in total. The van der Waals surface area contributed by atoms with E-state index in [1.54, 1.807) is 24.3 Å². The fraction of sp³-hybridized carbons (Fsp3) is 0.231. The molecule has 3 aromatic carbocycles. The molecule has 0 saturated carbocycles. The lowest BCUT2D eigenvalue weighted by Gasteiger charge is -2.20. The third-order valence-electron chi connectivity index (χ3n) is 5.34. The summed E-state index contributed by atoms with van der Waals surface area (Å²) in [6.07, 6.45) is 0. The van der Waals surface area contributed by atoms with Crippen LogP contribution in [-0.2, 0) is 13.1 Å². The van der Waals surface area contributed by atoms with Gasteiger partial charge in [0, 0.05) is 29.9 Å². The molecular weight excluding hydrogens is 405 g/mol. The van der Waals surface area contributed by atoms with Crippen molar-refractivity contribution in [1.82, 2.24) is 10.2 Å². The molecule has 0 aliphatic carbocycles. The molecule has 0 radical (unpaired) electrons. The monoisotopic (exact) mass is 433 g/mol. The van der Waals surface area contributed by atoms with E-state index in [9.17, 15) is 14.0 Å². The van der Waals surface area contributed by atoms with Gasteiger partial charge in [-0.15, -0.1) is 0 Å².